The number of nitrogens with two attached hydrogens (primary N) is 1. The monoisotopic (exact) mass is 300 g/mol. The first kappa shape index (κ1) is 14.4. The first-order valence-electron chi connectivity index (χ1n) is 5.67. The van der Waals surface area contributed by atoms with Gasteiger partial charge >= 0.3 is 5.69 Å². The molecular formula is C11H10F2N4O2S. The minimum Gasteiger partial charge on any atom is -0.322 e. The second kappa shape index (κ2) is 5.55. The Hall–Kier alpha value is -2.00. The van der Waals surface area contributed by atoms with Gasteiger partial charge in [-0.2, -0.15) is 4.39 Å². The van der Waals surface area contributed by atoms with Gasteiger partial charge in [0.2, 0.25) is 5.82 Å². The highest BCUT2D eigenvalue weighted by molar-refractivity contribution is 7.14. The van der Waals surface area contributed by atoms with E-state index in [0.717, 1.165) is 23.5 Å². The SMILES string of the molecule is CCC(N)c1nnc(-c2c(F)ccc([N+](=O)[O-])c2F)s1. The Labute approximate surface area is 116 Å². The van der Waals surface area contributed by atoms with Gasteiger partial charge in [-0.05, 0) is 12.5 Å². The van der Waals surface area contributed by atoms with Crippen LogP contribution in [0.1, 0.15) is 24.4 Å². The van der Waals surface area contributed by atoms with Crippen molar-refractivity contribution in [3.63, 3.8) is 0 Å². The first-order chi connectivity index (χ1) is 9.45. The smallest absolute Gasteiger partial charge is 0.305 e. The summed E-state index contributed by atoms with van der Waals surface area (Å²) in [4.78, 5) is 9.75. The summed E-state index contributed by atoms with van der Waals surface area (Å²) in [5, 5.41) is 18.4. The highest BCUT2D eigenvalue weighted by Crippen LogP contribution is 2.34. The maximum absolute atomic E-state index is 14.0. The molecule has 0 spiro atoms. The van der Waals surface area contributed by atoms with Crippen molar-refractivity contribution in [1.82, 2.24) is 10.2 Å². The van der Waals surface area contributed by atoms with E-state index in [1.807, 2.05) is 6.92 Å². The van der Waals surface area contributed by atoms with Crippen molar-refractivity contribution in [2.45, 2.75) is 19.4 Å². The molecule has 2 N–H and O–H groups in total. The van der Waals surface area contributed by atoms with Crippen molar-refractivity contribution in [3.05, 3.63) is 38.9 Å². The molecule has 0 aliphatic heterocycles. The highest BCUT2D eigenvalue weighted by atomic mass is 32.1. The Bertz CT molecular complexity index is 662. The van der Waals surface area contributed by atoms with E-state index in [9.17, 15) is 18.9 Å². The molecule has 0 fully saturated rings. The number of nitrogens with zero attached hydrogens (tertiary/aromatic N) is 3. The van der Waals surface area contributed by atoms with Crippen LogP contribution in [0.2, 0.25) is 0 Å². The van der Waals surface area contributed by atoms with E-state index >= 15 is 0 Å². The van der Waals surface area contributed by atoms with E-state index in [-0.39, 0.29) is 11.0 Å². The van der Waals surface area contributed by atoms with Gasteiger partial charge in [-0.15, -0.1) is 10.2 Å². The maximum atomic E-state index is 14.0. The fourth-order valence-electron chi connectivity index (χ4n) is 1.54. The van der Waals surface area contributed by atoms with Gasteiger partial charge in [0.25, 0.3) is 0 Å². The normalized spacial score (nSPS) is 12.4. The van der Waals surface area contributed by atoms with Crippen molar-refractivity contribution in [1.29, 1.82) is 0 Å². The summed E-state index contributed by atoms with van der Waals surface area (Å²) in [5.74, 6) is -2.19. The lowest BCUT2D eigenvalue weighted by molar-refractivity contribution is -0.387. The second-order valence-corrected chi connectivity index (χ2v) is 4.98. The van der Waals surface area contributed by atoms with E-state index in [0.29, 0.717) is 11.4 Å². The van der Waals surface area contributed by atoms with Gasteiger partial charge in [0.05, 0.1) is 16.5 Å². The van der Waals surface area contributed by atoms with Crippen LogP contribution in [0, 0.1) is 21.7 Å². The molecule has 0 bridgehead atoms. The molecule has 106 valence electrons. The molecule has 1 aromatic carbocycles. The number of aromatic nitrogens is 2. The van der Waals surface area contributed by atoms with E-state index in [2.05, 4.69) is 10.2 Å². The average Bonchev–Trinajstić information content (AvgIpc) is 2.87. The molecule has 20 heavy (non-hydrogen) atoms. The Morgan fingerprint density at radius 1 is 1.45 bits per heavy atom. The third-order valence-electron chi connectivity index (χ3n) is 2.68. The van der Waals surface area contributed by atoms with Gasteiger partial charge in [-0.25, -0.2) is 4.39 Å². The lowest BCUT2D eigenvalue weighted by atomic mass is 10.2. The molecule has 0 aliphatic rings. The number of nitro benzene ring substituents is 1. The Morgan fingerprint density at radius 3 is 2.75 bits per heavy atom. The molecule has 0 amide bonds. The highest BCUT2D eigenvalue weighted by Gasteiger charge is 2.25. The zero-order chi connectivity index (χ0) is 14.9. The van der Waals surface area contributed by atoms with Crippen LogP contribution in [0.15, 0.2) is 12.1 Å². The third kappa shape index (κ3) is 2.49. The van der Waals surface area contributed by atoms with Gasteiger partial charge in [-0.1, -0.05) is 18.3 Å². The van der Waals surface area contributed by atoms with Gasteiger partial charge in [0, 0.05) is 6.07 Å². The Balaban J connectivity index is 2.55. The molecule has 0 radical (unpaired) electrons. The number of rotatable bonds is 4. The molecule has 0 aliphatic carbocycles. The minimum atomic E-state index is -1.26. The number of hydrogen-bond donors (Lipinski definition) is 1. The molecule has 1 aromatic heterocycles. The number of benzene rings is 1. The van der Waals surface area contributed by atoms with Gasteiger partial charge < -0.3 is 5.73 Å². The minimum absolute atomic E-state index is 0.0670. The molecule has 2 rings (SSSR count). The van der Waals surface area contributed by atoms with Gasteiger partial charge in [0.1, 0.15) is 10.8 Å². The summed E-state index contributed by atoms with van der Waals surface area (Å²) in [5.41, 5.74) is 4.39. The predicted molar refractivity (Wildman–Crippen MR) is 69.1 cm³/mol. The second-order valence-electron chi connectivity index (χ2n) is 3.97. The summed E-state index contributed by atoms with van der Waals surface area (Å²) < 4.78 is 27.7. The molecule has 6 nitrogen and oxygen atoms in total. The van der Waals surface area contributed by atoms with E-state index in [1.54, 1.807) is 0 Å². The maximum Gasteiger partial charge on any atom is 0.305 e. The topological polar surface area (TPSA) is 94.9 Å². The van der Waals surface area contributed by atoms with Crippen molar-refractivity contribution in [3.8, 4) is 10.6 Å². The molecule has 0 saturated carbocycles. The van der Waals surface area contributed by atoms with E-state index < -0.39 is 27.8 Å². The van der Waals surface area contributed by atoms with Crippen LogP contribution >= 0.6 is 11.3 Å². The summed E-state index contributed by atoms with van der Waals surface area (Å²) in [6.45, 7) is 1.83. The van der Waals surface area contributed by atoms with Crippen molar-refractivity contribution in [2.75, 3.05) is 0 Å². The van der Waals surface area contributed by atoms with Crippen LogP contribution in [-0.2, 0) is 0 Å². The molecule has 1 heterocycles. The van der Waals surface area contributed by atoms with Crippen LogP contribution in [0.3, 0.4) is 0 Å². The van der Waals surface area contributed by atoms with Crippen LogP contribution in [0.25, 0.3) is 10.6 Å². The number of hydrogen-bond acceptors (Lipinski definition) is 6. The van der Waals surface area contributed by atoms with E-state index in [1.165, 1.54) is 0 Å². The molecule has 0 saturated heterocycles. The van der Waals surface area contributed by atoms with Crippen LogP contribution in [-0.4, -0.2) is 15.1 Å². The number of halogens is 2. The van der Waals surface area contributed by atoms with Crippen LogP contribution in [0.4, 0.5) is 14.5 Å². The molecule has 1 atom stereocenters. The van der Waals surface area contributed by atoms with Crippen LogP contribution in [0.5, 0.6) is 0 Å². The van der Waals surface area contributed by atoms with Crippen molar-refractivity contribution < 1.29 is 13.7 Å². The number of nitro groups is 1. The van der Waals surface area contributed by atoms with Crippen molar-refractivity contribution in [2.24, 2.45) is 5.73 Å². The van der Waals surface area contributed by atoms with Crippen molar-refractivity contribution >= 4 is 17.0 Å². The quantitative estimate of drug-likeness (QED) is 0.692. The summed E-state index contributed by atoms with van der Waals surface area (Å²) in [7, 11) is 0. The largest absolute Gasteiger partial charge is 0.322 e. The lowest BCUT2D eigenvalue weighted by Gasteiger charge is -2.02. The fourth-order valence-corrected chi connectivity index (χ4v) is 2.51. The Morgan fingerprint density at radius 2 is 2.15 bits per heavy atom. The summed E-state index contributed by atoms with van der Waals surface area (Å²) >= 11 is 0.918. The molecule has 2 aromatic rings. The fraction of sp³-hybridized carbons (Fsp3) is 0.273. The lowest BCUT2D eigenvalue weighted by Crippen LogP contribution is -2.07. The van der Waals surface area contributed by atoms with E-state index in [4.69, 9.17) is 5.73 Å². The van der Waals surface area contributed by atoms with Crippen LogP contribution < -0.4 is 5.73 Å². The molecule has 9 heteroatoms. The summed E-state index contributed by atoms with van der Waals surface area (Å²) in [6.07, 6.45) is 0.592. The Kier molecular flexibility index (Phi) is 4.00. The zero-order valence-electron chi connectivity index (χ0n) is 10.3. The van der Waals surface area contributed by atoms with Gasteiger partial charge in [-0.3, -0.25) is 10.1 Å². The first-order valence-corrected chi connectivity index (χ1v) is 6.49. The molecular weight excluding hydrogens is 290 g/mol. The van der Waals surface area contributed by atoms with Gasteiger partial charge in [0.15, 0.2) is 5.01 Å². The standard InChI is InChI=1S/C11H10F2N4O2S/c1-2-6(14)10-15-16-11(20-10)8-5(12)3-4-7(9(8)13)17(18)19/h3-4,6H,2,14H2,1H3. The average molecular weight is 300 g/mol. The zero-order valence-corrected chi connectivity index (χ0v) is 11.2. The predicted octanol–water partition coefficient (Wildman–Crippen LogP) is 2.80. The summed E-state index contributed by atoms with van der Waals surface area (Å²) in [6, 6.07) is 1.22. The third-order valence-corrected chi connectivity index (χ3v) is 3.75. The molecule has 1 unspecified atom stereocenters.